The minimum Gasteiger partial charge on any atom is -0.478 e. The van der Waals surface area contributed by atoms with Crippen LogP contribution in [0.5, 0.6) is 0 Å². The highest BCUT2D eigenvalue weighted by atomic mass is 16.4. The number of hydrogen-bond acceptors (Lipinski definition) is 2. The van der Waals surface area contributed by atoms with Crippen molar-refractivity contribution in [3.8, 4) is 0 Å². The third-order valence-corrected chi connectivity index (χ3v) is 3.44. The lowest BCUT2D eigenvalue weighted by atomic mass is 9.84. The van der Waals surface area contributed by atoms with Crippen molar-refractivity contribution < 1.29 is 19.8 Å². The van der Waals surface area contributed by atoms with Gasteiger partial charge in [0.05, 0.1) is 11.1 Å². The van der Waals surface area contributed by atoms with Crippen molar-refractivity contribution in [3.63, 3.8) is 0 Å². The third kappa shape index (κ3) is 4.06. The predicted molar refractivity (Wildman–Crippen MR) is 82.2 cm³/mol. The zero-order valence-electron chi connectivity index (χ0n) is 13.4. The number of benzene rings is 1. The summed E-state index contributed by atoms with van der Waals surface area (Å²) in [5.74, 6) is -1.70. The molecule has 1 aromatic rings. The Bertz CT molecular complexity index is 556. The van der Waals surface area contributed by atoms with Gasteiger partial charge in [-0.1, -0.05) is 27.7 Å². The number of carboxylic acids is 2. The first-order valence-corrected chi connectivity index (χ1v) is 7.27. The van der Waals surface area contributed by atoms with Crippen molar-refractivity contribution in [2.75, 3.05) is 0 Å². The summed E-state index contributed by atoms with van der Waals surface area (Å²) in [6.07, 6.45) is 1.33. The van der Waals surface area contributed by atoms with E-state index in [9.17, 15) is 19.8 Å². The molecule has 0 atom stereocenters. The van der Waals surface area contributed by atoms with E-state index in [0.717, 1.165) is 17.5 Å². The van der Waals surface area contributed by atoms with Gasteiger partial charge in [-0.2, -0.15) is 0 Å². The maximum atomic E-state index is 11.6. The largest absolute Gasteiger partial charge is 0.478 e. The number of aromatic carboxylic acids is 2. The van der Waals surface area contributed by atoms with E-state index in [2.05, 4.69) is 13.8 Å². The Balaban J connectivity index is 3.68. The molecule has 0 amide bonds. The van der Waals surface area contributed by atoms with E-state index < -0.39 is 11.9 Å². The second-order valence-electron chi connectivity index (χ2n) is 6.38. The van der Waals surface area contributed by atoms with Crippen LogP contribution in [0.2, 0.25) is 0 Å². The van der Waals surface area contributed by atoms with Gasteiger partial charge < -0.3 is 10.2 Å². The predicted octanol–water partition coefficient (Wildman–Crippen LogP) is 3.79. The second-order valence-corrected chi connectivity index (χ2v) is 6.38. The molecule has 0 aliphatic carbocycles. The standard InChI is InChI=1S/C17H24O4/c1-9(2)6-12-11(5)8-14(16(18)19)15(17(20)21)13(12)7-10(3)4/h8-10H,6-7H2,1-5H3,(H,18,19)(H,20,21). The minimum atomic E-state index is -1.18. The first kappa shape index (κ1) is 17.2. The molecule has 2 N–H and O–H groups in total. The molecule has 4 nitrogen and oxygen atoms in total. The van der Waals surface area contributed by atoms with E-state index in [-0.39, 0.29) is 17.0 Å². The summed E-state index contributed by atoms with van der Waals surface area (Å²) >= 11 is 0. The van der Waals surface area contributed by atoms with Gasteiger partial charge in [0.1, 0.15) is 0 Å². The molecule has 21 heavy (non-hydrogen) atoms. The Hall–Kier alpha value is -1.84. The van der Waals surface area contributed by atoms with Crippen LogP contribution in [0.4, 0.5) is 0 Å². The zero-order valence-corrected chi connectivity index (χ0v) is 13.4. The Labute approximate surface area is 125 Å². The number of aryl methyl sites for hydroxylation is 1. The molecule has 0 aliphatic rings. The lowest BCUT2D eigenvalue weighted by molar-refractivity contribution is 0.0650. The first-order chi connectivity index (χ1) is 9.65. The molecule has 1 rings (SSSR count). The second kappa shape index (κ2) is 6.74. The van der Waals surface area contributed by atoms with Crippen molar-refractivity contribution >= 4 is 11.9 Å². The Morgan fingerprint density at radius 3 is 1.81 bits per heavy atom. The van der Waals surface area contributed by atoms with E-state index in [1.807, 2.05) is 20.8 Å². The summed E-state index contributed by atoms with van der Waals surface area (Å²) in [7, 11) is 0. The quantitative estimate of drug-likeness (QED) is 0.836. The molecule has 116 valence electrons. The molecule has 0 radical (unpaired) electrons. The van der Waals surface area contributed by atoms with Crippen molar-refractivity contribution in [1.29, 1.82) is 0 Å². The van der Waals surface area contributed by atoms with Gasteiger partial charge in [-0.05, 0) is 54.4 Å². The van der Waals surface area contributed by atoms with Crippen molar-refractivity contribution in [1.82, 2.24) is 0 Å². The molecular formula is C17H24O4. The fourth-order valence-electron chi connectivity index (χ4n) is 2.67. The topological polar surface area (TPSA) is 74.6 Å². The Morgan fingerprint density at radius 1 is 0.952 bits per heavy atom. The Morgan fingerprint density at radius 2 is 1.43 bits per heavy atom. The van der Waals surface area contributed by atoms with E-state index in [0.29, 0.717) is 17.9 Å². The van der Waals surface area contributed by atoms with Crippen LogP contribution < -0.4 is 0 Å². The van der Waals surface area contributed by atoms with Crippen molar-refractivity contribution in [3.05, 3.63) is 33.9 Å². The van der Waals surface area contributed by atoms with Gasteiger partial charge in [0.15, 0.2) is 0 Å². The van der Waals surface area contributed by atoms with Gasteiger partial charge in [-0.15, -0.1) is 0 Å². The lowest BCUT2D eigenvalue weighted by Crippen LogP contribution is -2.17. The molecule has 0 bridgehead atoms. The SMILES string of the molecule is Cc1cc(C(=O)O)c(C(=O)O)c(CC(C)C)c1CC(C)C. The lowest BCUT2D eigenvalue weighted by Gasteiger charge is -2.20. The van der Waals surface area contributed by atoms with E-state index in [1.165, 1.54) is 6.07 Å². The molecule has 0 aliphatic heterocycles. The molecule has 0 unspecified atom stereocenters. The maximum Gasteiger partial charge on any atom is 0.336 e. The molecular weight excluding hydrogens is 268 g/mol. The molecule has 4 heteroatoms. The van der Waals surface area contributed by atoms with Gasteiger partial charge in [0, 0.05) is 0 Å². The van der Waals surface area contributed by atoms with Crippen LogP contribution in [0.3, 0.4) is 0 Å². The molecule has 0 aromatic heterocycles. The van der Waals surface area contributed by atoms with Crippen LogP contribution in [-0.4, -0.2) is 22.2 Å². The Kier molecular flexibility index (Phi) is 5.53. The average molecular weight is 292 g/mol. The fraction of sp³-hybridized carbons (Fsp3) is 0.529. The summed E-state index contributed by atoms with van der Waals surface area (Å²) in [5, 5.41) is 18.8. The van der Waals surface area contributed by atoms with Crippen LogP contribution in [0.15, 0.2) is 6.07 Å². The number of hydrogen-bond donors (Lipinski definition) is 2. The van der Waals surface area contributed by atoms with Crippen LogP contribution in [0, 0.1) is 18.8 Å². The highest BCUT2D eigenvalue weighted by Crippen LogP contribution is 2.28. The molecule has 0 spiro atoms. The number of carbonyl (C=O) groups is 2. The van der Waals surface area contributed by atoms with Gasteiger partial charge in [0.25, 0.3) is 0 Å². The van der Waals surface area contributed by atoms with Gasteiger partial charge in [0.2, 0.25) is 0 Å². The minimum absolute atomic E-state index is 0.0440. The fourth-order valence-corrected chi connectivity index (χ4v) is 2.67. The smallest absolute Gasteiger partial charge is 0.336 e. The summed E-state index contributed by atoms with van der Waals surface area (Å²) in [6.45, 7) is 10.0. The zero-order chi connectivity index (χ0) is 16.3. The molecule has 0 heterocycles. The monoisotopic (exact) mass is 292 g/mol. The molecule has 1 aromatic carbocycles. The maximum absolute atomic E-state index is 11.6. The highest BCUT2D eigenvalue weighted by Gasteiger charge is 2.25. The van der Waals surface area contributed by atoms with Crippen LogP contribution in [-0.2, 0) is 12.8 Å². The summed E-state index contributed by atoms with van der Waals surface area (Å²) < 4.78 is 0. The number of rotatable bonds is 6. The van der Waals surface area contributed by atoms with Gasteiger partial charge >= 0.3 is 11.9 Å². The van der Waals surface area contributed by atoms with Crippen LogP contribution in [0.1, 0.15) is 65.1 Å². The summed E-state index contributed by atoms with van der Waals surface area (Å²) in [4.78, 5) is 23.0. The molecule has 0 saturated carbocycles. The highest BCUT2D eigenvalue weighted by molar-refractivity contribution is 6.03. The van der Waals surface area contributed by atoms with Crippen molar-refractivity contribution in [2.24, 2.45) is 11.8 Å². The van der Waals surface area contributed by atoms with E-state index in [4.69, 9.17) is 0 Å². The average Bonchev–Trinajstić information content (AvgIpc) is 2.31. The van der Waals surface area contributed by atoms with Gasteiger partial charge in [-0.25, -0.2) is 9.59 Å². The van der Waals surface area contributed by atoms with Crippen LogP contribution >= 0.6 is 0 Å². The molecule has 0 saturated heterocycles. The van der Waals surface area contributed by atoms with Gasteiger partial charge in [-0.3, -0.25) is 0 Å². The van der Waals surface area contributed by atoms with E-state index >= 15 is 0 Å². The summed E-state index contributed by atoms with van der Waals surface area (Å²) in [6, 6.07) is 1.49. The van der Waals surface area contributed by atoms with Crippen molar-refractivity contribution in [2.45, 2.75) is 47.5 Å². The third-order valence-electron chi connectivity index (χ3n) is 3.44. The normalized spacial score (nSPS) is 11.2. The first-order valence-electron chi connectivity index (χ1n) is 7.27. The van der Waals surface area contributed by atoms with Crippen LogP contribution in [0.25, 0.3) is 0 Å². The summed E-state index contributed by atoms with van der Waals surface area (Å²) in [5.41, 5.74) is 2.38. The molecule has 0 fully saturated rings. The van der Waals surface area contributed by atoms with E-state index in [1.54, 1.807) is 0 Å². The number of carboxylic acid groups (broad SMARTS) is 2.